The number of nitrogens with zero attached hydrogens (tertiary/aromatic N) is 6. The monoisotopic (exact) mass is 495 g/mol. The van der Waals surface area contributed by atoms with Crippen LogP contribution in [-0.4, -0.2) is 59.4 Å². The third kappa shape index (κ3) is 4.93. The highest BCUT2D eigenvalue weighted by molar-refractivity contribution is 5.64. The van der Waals surface area contributed by atoms with Crippen LogP contribution in [0.5, 0.6) is 5.88 Å². The number of rotatable bonds is 8. The number of nitrogens with one attached hydrogen (secondary N) is 1. The zero-order valence-corrected chi connectivity index (χ0v) is 20.4. The van der Waals surface area contributed by atoms with Crippen LogP contribution in [0.25, 0.3) is 17.0 Å². The van der Waals surface area contributed by atoms with Crippen LogP contribution in [0.1, 0.15) is 56.0 Å². The van der Waals surface area contributed by atoms with Crippen LogP contribution in [-0.2, 0) is 23.4 Å². The topological polar surface area (TPSA) is 153 Å². The van der Waals surface area contributed by atoms with E-state index in [4.69, 9.17) is 14.0 Å². The van der Waals surface area contributed by atoms with Gasteiger partial charge >= 0.3 is 0 Å². The summed E-state index contributed by atoms with van der Waals surface area (Å²) >= 11 is 0. The predicted octanol–water partition coefficient (Wildman–Crippen LogP) is 1.91. The van der Waals surface area contributed by atoms with Crippen molar-refractivity contribution in [2.24, 2.45) is 0 Å². The SMILES string of the molecule is CC(C)(C)c1c(OCc2ccc(C(O)NC3CCOC3)cn2)nn2c(-c3cc(CO)on3)nncc12. The number of hydrogen-bond acceptors (Lipinski definition) is 11. The van der Waals surface area contributed by atoms with Gasteiger partial charge < -0.3 is 24.2 Å². The zero-order valence-electron chi connectivity index (χ0n) is 20.4. The number of fused-ring (bicyclic) bond motifs is 1. The molecule has 36 heavy (non-hydrogen) atoms. The van der Waals surface area contributed by atoms with Gasteiger partial charge in [-0.1, -0.05) is 32.0 Å². The number of pyridine rings is 1. The molecule has 4 aromatic heterocycles. The summed E-state index contributed by atoms with van der Waals surface area (Å²) in [5.41, 5.74) is 3.04. The van der Waals surface area contributed by atoms with Crippen molar-refractivity contribution in [3.8, 4) is 17.4 Å². The fraction of sp³-hybridized carbons (Fsp3) is 0.458. The summed E-state index contributed by atoms with van der Waals surface area (Å²) in [7, 11) is 0. The predicted molar refractivity (Wildman–Crippen MR) is 127 cm³/mol. The van der Waals surface area contributed by atoms with Gasteiger partial charge in [-0.2, -0.15) is 5.10 Å². The molecule has 2 unspecified atom stereocenters. The quantitative estimate of drug-likeness (QED) is 0.307. The molecule has 5 rings (SSSR count). The first-order valence-corrected chi connectivity index (χ1v) is 11.7. The van der Waals surface area contributed by atoms with Crippen LogP contribution in [0.2, 0.25) is 0 Å². The Hall–Kier alpha value is -3.45. The van der Waals surface area contributed by atoms with Gasteiger partial charge in [0, 0.05) is 36.0 Å². The molecule has 12 nitrogen and oxygen atoms in total. The van der Waals surface area contributed by atoms with Crippen molar-refractivity contribution in [2.45, 2.75) is 58.1 Å². The van der Waals surface area contributed by atoms with Gasteiger partial charge in [-0.15, -0.1) is 10.2 Å². The number of ether oxygens (including phenoxy) is 2. The fourth-order valence-corrected chi connectivity index (χ4v) is 4.14. The lowest BCUT2D eigenvalue weighted by Crippen LogP contribution is -2.33. The largest absolute Gasteiger partial charge is 0.470 e. The van der Waals surface area contributed by atoms with Crippen LogP contribution in [0, 0.1) is 0 Å². The molecule has 0 saturated carbocycles. The minimum atomic E-state index is -0.814. The smallest absolute Gasteiger partial charge is 0.238 e. The average Bonchev–Trinajstić information content (AvgIpc) is 3.61. The van der Waals surface area contributed by atoms with E-state index in [9.17, 15) is 10.2 Å². The van der Waals surface area contributed by atoms with E-state index in [-0.39, 0.29) is 24.7 Å². The normalized spacial score (nSPS) is 17.1. The minimum Gasteiger partial charge on any atom is -0.470 e. The Labute approximate surface area is 207 Å². The molecule has 0 amide bonds. The molecule has 1 saturated heterocycles. The molecule has 0 bridgehead atoms. The van der Waals surface area contributed by atoms with Crippen LogP contribution >= 0.6 is 0 Å². The Balaban J connectivity index is 1.38. The van der Waals surface area contributed by atoms with Gasteiger partial charge in [-0.05, 0) is 17.9 Å². The maximum atomic E-state index is 10.4. The van der Waals surface area contributed by atoms with Gasteiger partial charge in [0.2, 0.25) is 11.7 Å². The number of aliphatic hydroxyl groups excluding tert-OH is 2. The van der Waals surface area contributed by atoms with Gasteiger partial charge in [-0.25, -0.2) is 4.52 Å². The molecule has 190 valence electrons. The van der Waals surface area contributed by atoms with Crippen LogP contribution in [0.3, 0.4) is 0 Å². The first-order chi connectivity index (χ1) is 17.3. The molecule has 0 aliphatic carbocycles. The molecule has 4 aromatic rings. The van der Waals surface area contributed by atoms with E-state index >= 15 is 0 Å². The molecular weight excluding hydrogens is 466 g/mol. The minimum absolute atomic E-state index is 0.134. The second-order valence-corrected chi connectivity index (χ2v) is 9.73. The number of aromatic nitrogens is 6. The van der Waals surface area contributed by atoms with Gasteiger partial charge in [0.05, 0.1) is 24.0 Å². The Morgan fingerprint density at radius 3 is 2.81 bits per heavy atom. The first-order valence-electron chi connectivity index (χ1n) is 11.7. The van der Waals surface area contributed by atoms with E-state index in [1.54, 1.807) is 23.0 Å². The maximum Gasteiger partial charge on any atom is 0.238 e. The summed E-state index contributed by atoms with van der Waals surface area (Å²) in [6.07, 6.45) is 3.33. The Morgan fingerprint density at radius 1 is 1.28 bits per heavy atom. The fourth-order valence-electron chi connectivity index (χ4n) is 4.14. The van der Waals surface area contributed by atoms with Gasteiger partial charge in [0.25, 0.3) is 0 Å². The van der Waals surface area contributed by atoms with Crippen LogP contribution in [0.15, 0.2) is 35.1 Å². The van der Waals surface area contributed by atoms with Crippen molar-refractivity contribution in [3.63, 3.8) is 0 Å². The van der Waals surface area contributed by atoms with Crippen molar-refractivity contribution in [3.05, 3.63) is 53.2 Å². The van der Waals surface area contributed by atoms with Crippen molar-refractivity contribution in [1.29, 1.82) is 0 Å². The van der Waals surface area contributed by atoms with Gasteiger partial charge in [0.15, 0.2) is 11.5 Å². The Bertz CT molecular complexity index is 1320. The molecule has 1 aliphatic rings. The summed E-state index contributed by atoms with van der Waals surface area (Å²) in [6.45, 7) is 7.40. The maximum absolute atomic E-state index is 10.4. The van der Waals surface area contributed by atoms with Crippen LogP contribution in [0.4, 0.5) is 0 Å². The standard InChI is InChI=1S/C24H29N7O5/c1-24(2,3)20-19-10-26-28-21(18-8-17(11-32)36-30-18)31(19)29-23(20)35-13-15-5-4-14(9-25-15)22(33)27-16-6-7-34-12-16/h4-5,8-10,16,22,27,32-33H,6-7,11-13H2,1-3H3. The molecule has 0 spiro atoms. The van der Waals surface area contributed by atoms with E-state index in [1.165, 1.54) is 0 Å². The highest BCUT2D eigenvalue weighted by Crippen LogP contribution is 2.36. The van der Waals surface area contributed by atoms with Crippen molar-refractivity contribution >= 4 is 5.52 Å². The molecule has 5 heterocycles. The molecule has 12 heteroatoms. The zero-order chi connectivity index (χ0) is 25.3. The first kappa shape index (κ1) is 24.3. The molecule has 3 N–H and O–H groups in total. The summed E-state index contributed by atoms with van der Waals surface area (Å²) in [6, 6.07) is 5.37. The van der Waals surface area contributed by atoms with E-state index in [0.29, 0.717) is 47.6 Å². The Kier molecular flexibility index (Phi) is 6.67. The molecule has 0 radical (unpaired) electrons. The summed E-state index contributed by atoms with van der Waals surface area (Å²) in [5, 5.41) is 39.9. The second kappa shape index (κ2) is 9.90. The molecular formula is C24H29N7O5. The summed E-state index contributed by atoms with van der Waals surface area (Å²) < 4.78 is 18.2. The highest BCUT2D eigenvalue weighted by Gasteiger charge is 2.28. The third-order valence-electron chi connectivity index (χ3n) is 5.96. The molecule has 0 aromatic carbocycles. The van der Waals surface area contributed by atoms with Crippen molar-refractivity contribution in [2.75, 3.05) is 13.2 Å². The van der Waals surface area contributed by atoms with Gasteiger partial charge in [-0.3, -0.25) is 10.3 Å². The van der Waals surface area contributed by atoms with Gasteiger partial charge in [0.1, 0.15) is 19.4 Å². The lowest BCUT2D eigenvalue weighted by Gasteiger charge is -2.19. The lowest BCUT2D eigenvalue weighted by atomic mass is 9.88. The van der Waals surface area contributed by atoms with Crippen molar-refractivity contribution in [1.82, 2.24) is 35.3 Å². The van der Waals surface area contributed by atoms with Crippen molar-refractivity contribution < 1.29 is 24.2 Å². The van der Waals surface area contributed by atoms with E-state index in [2.05, 4.69) is 51.5 Å². The van der Waals surface area contributed by atoms with E-state index in [1.807, 2.05) is 12.1 Å². The third-order valence-corrected chi connectivity index (χ3v) is 5.96. The summed E-state index contributed by atoms with van der Waals surface area (Å²) in [4.78, 5) is 4.45. The molecule has 2 atom stereocenters. The Morgan fingerprint density at radius 2 is 2.14 bits per heavy atom. The number of aliphatic hydroxyl groups is 2. The van der Waals surface area contributed by atoms with Crippen LogP contribution < -0.4 is 10.1 Å². The highest BCUT2D eigenvalue weighted by atomic mass is 16.5. The lowest BCUT2D eigenvalue weighted by molar-refractivity contribution is 0.114. The summed E-state index contributed by atoms with van der Waals surface area (Å²) in [5.74, 6) is 1.11. The van der Waals surface area contributed by atoms with E-state index < -0.39 is 6.23 Å². The second-order valence-electron chi connectivity index (χ2n) is 9.73. The van der Waals surface area contributed by atoms with E-state index in [0.717, 1.165) is 17.5 Å². The molecule has 1 aliphatic heterocycles. The average molecular weight is 496 g/mol. The number of hydrogen-bond donors (Lipinski definition) is 3. The molecule has 1 fully saturated rings.